The molecule has 4 nitrogen and oxygen atoms in total. The van der Waals surface area contributed by atoms with Crippen LogP contribution in [0.25, 0.3) is 0 Å². The maximum absolute atomic E-state index is 6.24. The lowest BCUT2D eigenvalue weighted by atomic mass is 10.2. The molecule has 1 aliphatic rings. The van der Waals surface area contributed by atoms with Crippen LogP contribution in [0.3, 0.4) is 0 Å². The zero-order valence-corrected chi connectivity index (χ0v) is 9.30. The van der Waals surface area contributed by atoms with Gasteiger partial charge in [-0.2, -0.15) is 0 Å². The van der Waals surface area contributed by atoms with E-state index in [1.165, 1.54) is 0 Å². The van der Waals surface area contributed by atoms with E-state index in [2.05, 4.69) is 15.2 Å². The summed E-state index contributed by atoms with van der Waals surface area (Å²) in [7, 11) is 0. The van der Waals surface area contributed by atoms with Gasteiger partial charge in [0, 0.05) is 38.9 Å². The molecule has 0 atom stereocenters. The van der Waals surface area contributed by atoms with Crippen molar-refractivity contribution in [1.29, 1.82) is 0 Å². The fraction of sp³-hybridized carbons (Fsp3) is 0.500. The Morgan fingerprint density at radius 2 is 2.20 bits per heavy atom. The largest absolute Gasteiger partial charge is 0.353 e. The molecular weight excluding hydrogens is 212 g/mol. The molecule has 1 saturated heterocycles. The highest BCUT2D eigenvalue weighted by Crippen LogP contribution is 2.26. The van der Waals surface area contributed by atoms with E-state index >= 15 is 0 Å². The first kappa shape index (κ1) is 10.7. The van der Waals surface area contributed by atoms with E-state index in [4.69, 9.17) is 17.3 Å². The molecule has 5 heteroatoms. The Labute approximate surface area is 94.4 Å². The minimum atomic E-state index is 0.459. The summed E-state index contributed by atoms with van der Waals surface area (Å²) < 4.78 is 0. The summed E-state index contributed by atoms with van der Waals surface area (Å²) in [6, 6.07) is 1.87. The molecule has 0 aromatic carbocycles. The first-order chi connectivity index (χ1) is 7.33. The van der Waals surface area contributed by atoms with Gasteiger partial charge in [-0.3, -0.25) is 0 Å². The van der Waals surface area contributed by atoms with Crippen LogP contribution in [0.4, 0.5) is 5.82 Å². The number of hydrogen-bond donors (Lipinski definition) is 2. The molecule has 1 aromatic rings. The van der Waals surface area contributed by atoms with Crippen molar-refractivity contribution >= 4 is 17.4 Å². The summed E-state index contributed by atoms with van der Waals surface area (Å²) in [6.45, 7) is 4.30. The van der Waals surface area contributed by atoms with Crippen molar-refractivity contribution in [3.8, 4) is 0 Å². The lowest BCUT2D eigenvalue weighted by molar-refractivity contribution is 0.585. The average Bonchev–Trinajstić information content (AvgIpc) is 2.30. The highest BCUT2D eigenvalue weighted by molar-refractivity contribution is 6.33. The Morgan fingerprint density at radius 1 is 1.47 bits per heavy atom. The normalized spacial score (nSPS) is 16.8. The zero-order chi connectivity index (χ0) is 10.7. The van der Waals surface area contributed by atoms with Gasteiger partial charge in [-0.05, 0) is 11.6 Å². The summed E-state index contributed by atoms with van der Waals surface area (Å²) >= 11 is 6.24. The van der Waals surface area contributed by atoms with Gasteiger partial charge in [-0.1, -0.05) is 11.6 Å². The first-order valence-corrected chi connectivity index (χ1v) is 5.50. The van der Waals surface area contributed by atoms with Gasteiger partial charge < -0.3 is 16.0 Å². The number of piperazine rings is 1. The fourth-order valence-electron chi connectivity index (χ4n) is 1.73. The topological polar surface area (TPSA) is 54.2 Å². The lowest BCUT2D eigenvalue weighted by Crippen LogP contribution is -2.44. The third-order valence-electron chi connectivity index (χ3n) is 2.59. The van der Waals surface area contributed by atoms with Crippen LogP contribution in [0.2, 0.25) is 5.02 Å². The van der Waals surface area contributed by atoms with Crippen LogP contribution in [0.1, 0.15) is 5.56 Å². The molecule has 15 heavy (non-hydrogen) atoms. The van der Waals surface area contributed by atoms with Crippen molar-refractivity contribution in [2.45, 2.75) is 6.54 Å². The Morgan fingerprint density at radius 3 is 2.87 bits per heavy atom. The Kier molecular flexibility index (Phi) is 3.41. The third kappa shape index (κ3) is 2.22. The van der Waals surface area contributed by atoms with E-state index in [1.54, 1.807) is 6.20 Å². The molecular formula is C10H15ClN4. The van der Waals surface area contributed by atoms with Crippen molar-refractivity contribution in [3.05, 3.63) is 22.8 Å². The first-order valence-electron chi connectivity index (χ1n) is 5.12. The van der Waals surface area contributed by atoms with Crippen molar-refractivity contribution in [2.75, 3.05) is 31.1 Å². The molecule has 0 bridgehead atoms. The van der Waals surface area contributed by atoms with Crippen LogP contribution in [-0.2, 0) is 6.54 Å². The van der Waals surface area contributed by atoms with E-state index in [0.29, 0.717) is 11.6 Å². The summed E-state index contributed by atoms with van der Waals surface area (Å²) in [5, 5.41) is 3.99. The maximum Gasteiger partial charge on any atom is 0.147 e. The average molecular weight is 227 g/mol. The summed E-state index contributed by atoms with van der Waals surface area (Å²) in [6.07, 6.45) is 1.77. The summed E-state index contributed by atoms with van der Waals surface area (Å²) in [5.74, 6) is 0.862. The highest BCUT2D eigenvalue weighted by atomic mass is 35.5. The molecule has 82 valence electrons. The second-order valence-electron chi connectivity index (χ2n) is 3.55. The number of pyridine rings is 1. The number of rotatable bonds is 2. The minimum Gasteiger partial charge on any atom is -0.353 e. The smallest absolute Gasteiger partial charge is 0.147 e. The molecule has 1 aliphatic heterocycles. The van der Waals surface area contributed by atoms with E-state index in [1.807, 2.05) is 6.07 Å². The quantitative estimate of drug-likeness (QED) is 0.776. The van der Waals surface area contributed by atoms with Crippen molar-refractivity contribution in [3.63, 3.8) is 0 Å². The Balaban J connectivity index is 2.26. The van der Waals surface area contributed by atoms with Crippen LogP contribution in [0.5, 0.6) is 0 Å². The number of hydrogen-bond acceptors (Lipinski definition) is 4. The molecule has 0 radical (unpaired) electrons. The number of nitrogens with one attached hydrogen (secondary N) is 1. The maximum atomic E-state index is 6.24. The van der Waals surface area contributed by atoms with Gasteiger partial charge in [0.25, 0.3) is 0 Å². The Hall–Kier alpha value is -0.840. The van der Waals surface area contributed by atoms with Gasteiger partial charge in [0.2, 0.25) is 0 Å². The summed E-state index contributed by atoms with van der Waals surface area (Å²) in [5.41, 5.74) is 6.56. The van der Waals surface area contributed by atoms with Gasteiger partial charge in [0.05, 0.1) is 5.02 Å². The lowest BCUT2D eigenvalue weighted by Gasteiger charge is -2.29. The molecule has 3 N–H and O–H groups in total. The predicted octanol–water partition coefficient (Wildman–Crippen LogP) is 0.603. The fourth-order valence-corrected chi connectivity index (χ4v) is 2.03. The Bertz CT molecular complexity index is 336. The number of nitrogens with zero attached hydrogens (tertiary/aromatic N) is 2. The van der Waals surface area contributed by atoms with Crippen LogP contribution in [0.15, 0.2) is 12.3 Å². The van der Waals surface area contributed by atoms with Crippen molar-refractivity contribution in [1.82, 2.24) is 10.3 Å². The van der Waals surface area contributed by atoms with Gasteiger partial charge >= 0.3 is 0 Å². The number of halogens is 1. The third-order valence-corrected chi connectivity index (χ3v) is 3.00. The second kappa shape index (κ2) is 4.79. The molecule has 0 amide bonds. The molecule has 1 fully saturated rings. The molecule has 0 saturated carbocycles. The van der Waals surface area contributed by atoms with Crippen LogP contribution in [-0.4, -0.2) is 31.2 Å². The van der Waals surface area contributed by atoms with Gasteiger partial charge in [-0.15, -0.1) is 0 Å². The highest BCUT2D eigenvalue weighted by Gasteiger charge is 2.16. The molecule has 0 spiro atoms. The van der Waals surface area contributed by atoms with Crippen LogP contribution >= 0.6 is 11.6 Å². The van der Waals surface area contributed by atoms with E-state index < -0.39 is 0 Å². The second-order valence-corrected chi connectivity index (χ2v) is 3.93. The monoisotopic (exact) mass is 226 g/mol. The van der Waals surface area contributed by atoms with Crippen molar-refractivity contribution in [2.24, 2.45) is 5.73 Å². The zero-order valence-electron chi connectivity index (χ0n) is 8.54. The molecule has 2 heterocycles. The van der Waals surface area contributed by atoms with Gasteiger partial charge in [0.15, 0.2) is 0 Å². The number of aromatic nitrogens is 1. The van der Waals surface area contributed by atoms with Gasteiger partial charge in [0.1, 0.15) is 5.82 Å². The minimum absolute atomic E-state index is 0.459. The molecule has 0 unspecified atom stereocenters. The number of anilines is 1. The van der Waals surface area contributed by atoms with E-state index in [9.17, 15) is 0 Å². The van der Waals surface area contributed by atoms with Crippen LogP contribution in [0, 0.1) is 0 Å². The van der Waals surface area contributed by atoms with E-state index in [-0.39, 0.29) is 0 Å². The van der Waals surface area contributed by atoms with E-state index in [0.717, 1.165) is 37.6 Å². The molecule has 2 rings (SSSR count). The SMILES string of the molecule is NCc1ccnc(N2CCNCC2)c1Cl. The van der Waals surface area contributed by atoms with Crippen molar-refractivity contribution < 1.29 is 0 Å². The molecule has 1 aromatic heterocycles. The van der Waals surface area contributed by atoms with Gasteiger partial charge in [-0.25, -0.2) is 4.98 Å². The van der Waals surface area contributed by atoms with Crippen LogP contribution < -0.4 is 16.0 Å². The number of nitrogens with two attached hydrogens (primary N) is 1. The molecule has 0 aliphatic carbocycles. The predicted molar refractivity (Wildman–Crippen MR) is 62.2 cm³/mol. The summed E-state index contributed by atoms with van der Waals surface area (Å²) in [4.78, 5) is 6.51. The standard InChI is InChI=1S/C10H15ClN4/c11-9-8(7-12)1-2-14-10(9)15-5-3-13-4-6-15/h1-2,13H,3-7,12H2.